The molecule has 2 saturated heterocycles. The van der Waals surface area contributed by atoms with Gasteiger partial charge in [0.2, 0.25) is 0 Å². The maximum absolute atomic E-state index is 14.0. The van der Waals surface area contributed by atoms with Crippen LogP contribution in [0.1, 0.15) is 91.6 Å². The molecule has 41 heavy (non-hydrogen) atoms. The fraction of sp³-hybridized carbons (Fsp3) is 0.500. The number of hydrogen-bond donors (Lipinski definition) is 0. The summed E-state index contributed by atoms with van der Waals surface area (Å²) in [4.78, 5) is 32.6. The molecule has 5 rings (SSSR count). The fourth-order valence-electron chi connectivity index (χ4n) is 7.36. The summed E-state index contributed by atoms with van der Waals surface area (Å²) in [5.74, 6) is 0.274. The normalized spacial score (nSPS) is 19.3. The van der Waals surface area contributed by atoms with Gasteiger partial charge >= 0.3 is 0 Å². The lowest BCUT2D eigenvalue weighted by Gasteiger charge is -2.40. The van der Waals surface area contributed by atoms with Crippen LogP contribution >= 0.6 is 0 Å². The molecule has 2 aliphatic heterocycles. The summed E-state index contributed by atoms with van der Waals surface area (Å²) >= 11 is 0. The smallest absolute Gasteiger partial charge is 0.182 e. The summed E-state index contributed by atoms with van der Waals surface area (Å²) in [5, 5.41) is 0. The zero-order chi connectivity index (χ0) is 29.4. The van der Waals surface area contributed by atoms with E-state index in [1.165, 1.54) is 6.42 Å². The number of carbonyl (C=O) groups is 2. The van der Waals surface area contributed by atoms with Crippen molar-refractivity contribution in [1.29, 1.82) is 0 Å². The number of piperidine rings is 1. The molecular formula is C36H46N2O3. The molecule has 0 aromatic heterocycles. The second-order valence-corrected chi connectivity index (χ2v) is 13.0. The maximum atomic E-state index is 14.0. The van der Waals surface area contributed by atoms with Gasteiger partial charge in [-0.15, -0.1) is 13.2 Å². The number of carbonyl (C=O) groups excluding carboxylic acids is 2. The number of ketones is 2. The minimum absolute atomic E-state index is 0.114. The van der Waals surface area contributed by atoms with Gasteiger partial charge in [0, 0.05) is 29.6 Å². The third kappa shape index (κ3) is 5.07. The Morgan fingerprint density at radius 2 is 1.20 bits per heavy atom. The Balaban J connectivity index is 1.56. The minimum atomic E-state index is -0.636. The Kier molecular flexibility index (Phi) is 8.26. The van der Waals surface area contributed by atoms with E-state index in [0.29, 0.717) is 31.6 Å². The van der Waals surface area contributed by atoms with Gasteiger partial charge in [-0.25, -0.2) is 0 Å². The third-order valence-electron chi connectivity index (χ3n) is 9.93. The van der Waals surface area contributed by atoms with Gasteiger partial charge in [-0.3, -0.25) is 19.4 Å². The maximum Gasteiger partial charge on any atom is 0.182 e. The third-order valence-corrected chi connectivity index (χ3v) is 9.93. The quantitative estimate of drug-likeness (QED) is 0.238. The highest BCUT2D eigenvalue weighted by molar-refractivity contribution is 6.05. The van der Waals surface area contributed by atoms with E-state index >= 15 is 0 Å². The van der Waals surface area contributed by atoms with E-state index in [9.17, 15) is 9.59 Å². The first-order valence-electron chi connectivity index (χ1n) is 15.3. The molecule has 0 amide bonds. The molecule has 2 fully saturated rings. The lowest BCUT2D eigenvalue weighted by molar-refractivity contribution is -0.00430. The molecule has 2 aromatic rings. The number of Topliss-reactive ketones (excluding diaryl/α,β-unsaturated/α-hetero) is 2. The van der Waals surface area contributed by atoms with Gasteiger partial charge < -0.3 is 4.74 Å². The number of rotatable bonds is 10. The SMILES string of the molecule is C=CCC1(CC=C)c2cc(C(=O)C(C)(C)N3CCCCC3)ccc2-c2ccc(C(=O)C(C)(C)N3CCOCC3)cc21. The number of allylic oxidation sites excluding steroid dienone is 2. The summed E-state index contributed by atoms with van der Waals surface area (Å²) in [7, 11) is 0. The topological polar surface area (TPSA) is 49.9 Å². The van der Waals surface area contributed by atoms with Crippen LogP contribution in [0.5, 0.6) is 0 Å². The van der Waals surface area contributed by atoms with Gasteiger partial charge in [0.1, 0.15) is 0 Å². The first-order chi connectivity index (χ1) is 19.6. The van der Waals surface area contributed by atoms with E-state index in [0.717, 1.165) is 66.8 Å². The summed E-state index contributed by atoms with van der Waals surface area (Å²) in [5.41, 5.74) is 4.33. The second-order valence-electron chi connectivity index (χ2n) is 13.0. The molecule has 218 valence electrons. The molecule has 2 heterocycles. The summed E-state index contributed by atoms with van der Waals surface area (Å²) in [6.45, 7) is 21.1. The van der Waals surface area contributed by atoms with Crippen molar-refractivity contribution in [3.8, 4) is 11.1 Å². The lowest BCUT2D eigenvalue weighted by Crippen LogP contribution is -2.54. The average molecular weight is 555 g/mol. The molecule has 0 bridgehead atoms. The van der Waals surface area contributed by atoms with Crippen LogP contribution in [0.25, 0.3) is 11.1 Å². The molecule has 3 aliphatic rings. The number of morpholine rings is 1. The Hall–Kier alpha value is -2.86. The zero-order valence-electron chi connectivity index (χ0n) is 25.4. The zero-order valence-corrected chi connectivity index (χ0v) is 25.4. The van der Waals surface area contributed by atoms with E-state index in [1.54, 1.807) is 0 Å². The van der Waals surface area contributed by atoms with Crippen molar-refractivity contribution < 1.29 is 14.3 Å². The van der Waals surface area contributed by atoms with Crippen molar-refractivity contribution in [3.63, 3.8) is 0 Å². The van der Waals surface area contributed by atoms with Gasteiger partial charge in [0.25, 0.3) is 0 Å². The number of hydrogen-bond acceptors (Lipinski definition) is 5. The van der Waals surface area contributed by atoms with Gasteiger partial charge in [0.05, 0.1) is 24.3 Å². The highest BCUT2D eigenvalue weighted by Gasteiger charge is 2.44. The Morgan fingerprint density at radius 3 is 1.63 bits per heavy atom. The molecule has 0 unspecified atom stereocenters. The summed E-state index contributed by atoms with van der Waals surface area (Å²) in [6.07, 6.45) is 8.81. The van der Waals surface area contributed by atoms with Crippen LogP contribution in [-0.2, 0) is 10.2 Å². The second kappa shape index (κ2) is 11.4. The van der Waals surface area contributed by atoms with Crippen LogP contribution in [0, 0.1) is 0 Å². The van der Waals surface area contributed by atoms with Crippen LogP contribution in [-0.4, -0.2) is 71.8 Å². The Labute approximate surface area is 246 Å². The molecule has 5 heteroatoms. The first kappa shape index (κ1) is 29.6. The molecule has 0 atom stereocenters. The number of likely N-dealkylation sites (tertiary alicyclic amines) is 1. The molecular weight excluding hydrogens is 508 g/mol. The summed E-state index contributed by atoms with van der Waals surface area (Å²) in [6, 6.07) is 12.4. The summed E-state index contributed by atoms with van der Waals surface area (Å²) < 4.78 is 5.54. The van der Waals surface area contributed by atoms with Crippen molar-refractivity contribution in [2.45, 2.75) is 76.3 Å². The molecule has 0 N–H and O–H groups in total. The number of benzene rings is 2. The highest BCUT2D eigenvalue weighted by atomic mass is 16.5. The molecule has 0 radical (unpaired) electrons. The number of nitrogens with zero attached hydrogens (tertiary/aromatic N) is 2. The molecule has 0 spiro atoms. The van der Waals surface area contributed by atoms with Gasteiger partial charge in [0.15, 0.2) is 11.6 Å². The van der Waals surface area contributed by atoms with Crippen molar-refractivity contribution in [2.75, 3.05) is 39.4 Å². The van der Waals surface area contributed by atoms with Crippen molar-refractivity contribution in [3.05, 3.63) is 84.0 Å². The van der Waals surface area contributed by atoms with E-state index in [-0.39, 0.29) is 11.6 Å². The van der Waals surface area contributed by atoms with E-state index < -0.39 is 16.5 Å². The van der Waals surface area contributed by atoms with E-state index in [2.05, 4.69) is 61.1 Å². The Morgan fingerprint density at radius 1 is 0.756 bits per heavy atom. The first-order valence-corrected chi connectivity index (χ1v) is 15.3. The molecule has 1 aliphatic carbocycles. The van der Waals surface area contributed by atoms with Crippen LogP contribution < -0.4 is 0 Å². The van der Waals surface area contributed by atoms with Crippen molar-refractivity contribution in [2.24, 2.45) is 0 Å². The van der Waals surface area contributed by atoms with Gasteiger partial charge in [-0.1, -0.05) is 42.8 Å². The highest BCUT2D eigenvalue weighted by Crippen LogP contribution is 2.54. The van der Waals surface area contributed by atoms with Crippen LogP contribution in [0.15, 0.2) is 61.7 Å². The molecule has 0 saturated carbocycles. The van der Waals surface area contributed by atoms with Crippen molar-refractivity contribution in [1.82, 2.24) is 9.80 Å². The largest absolute Gasteiger partial charge is 0.379 e. The standard InChI is InChI=1S/C36H46N2O3/c1-7-16-36(17-8-2)30-24-26(32(39)34(3,4)37-18-10-9-11-19-37)12-14-28(30)29-15-13-27(25-31(29)36)33(40)35(5,6)38-20-22-41-23-21-38/h7-8,12-15,24-25H,1-2,9-11,16-23H2,3-6H3. The number of ether oxygens (including phenoxy) is 1. The fourth-order valence-corrected chi connectivity index (χ4v) is 7.36. The monoisotopic (exact) mass is 554 g/mol. The Bertz CT molecular complexity index is 1240. The number of fused-ring (bicyclic) bond motifs is 3. The average Bonchev–Trinajstić information content (AvgIpc) is 3.25. The van der Waals surface area contributed by atoms with Crippen LogP contribution in [0.3, 0.4) is 0 Å². The van der Waals surface area contributed by atoms with Crippen LogP contribution in [0.2, 0.25) is 0 Å². The van der Waals surface area contributed by atoms with Crippen molar-refractivity contribution >= 4 is 11.6 Å². The van der Waals surface area contributed by atoms with Gasteiger partial charge in [-0.2, -0.15) is 0 Å². The lowest BCUT2D eigenvalue weighted by atomic mass is 9.71. The predicted octanol–water partition coefficient (Wildman–Crippen LogP) is 6.85. The molecule has 5 nitrogen and oxygen atoms in total. The van der Waals surface area contributed by atoms with Crippen LogP contribution in [0.4, 0.5) is 0 Å². The molecule has 2 aromatic carbocycles. The van der Waals surface area contributed by atoms with E-state index in [1.807, 2.05) is 38.1 Å². The van der Waals surface area contributed by atoms with E-state index in [4.69, 9.17) is 4.74 Å². The minimum Gasteiger partial charge on any atom is -0.379 e. The van der Waals surface area contributed by atoms with Gasteiger partial charge in [-0.05, 0) is 101 Å². The predicted molar refractivity (Wildman–Crippen MR) is 167 cm³/mol.